The number of benzene rings is 1. The molecule has 0 radical (unpaired) electrons. The van der Waals surface area contributed by atoms with E-state index in [2.05, 4.69) is 19.2 Å². The summed E-state index contributed by atoms with van der Waals surface area (Å²) in [6, 6.07) is 6.86. The molecular weight excluding hydrogens is 255 g/mol. The van der Waals surface area contributed by atoms with Gasteiger partial charge in [-0.05, 0) is 25.0 Å². The standard InChI is InChI=1S/C14H20F3NO/c1-4-10(2)11(3)18-12-7-5-6-8-13(12)19-9-14(15,16)17/h5-8,10-11,18H,4,9H2,1-3H3. The molecule has 1 rings (SSSR count). The number of anilines is 1. The first kappa shape index (κ1) is 15.7. The van der Waals surface area contributed by atoms with Crippen LogP contribution in [0.25, 0.3) is 0 Å². The molecule has 2 atom stereocenters. The van der Waals surface area contributed by atoms with Gasteiger partial charge >= 0.3 is 6.18 Å². The van der Waals surface area contributed by atoms with Crippen molar-refractivity contribution in [3.8, 4) is 5.75 Å². The zero-order chi connectivity index (χ0) is 14.5. The zero-order valence-electron chi connectivity index (χ0n) is 11.4. The van der Waals surface area contributed by atoms with Crippen molar-refractivity contribution in [2.45, 2.75) is 39.4 Å². The van der Waals surface area contributed by atoms with Gasteiger partial charge < -0.3 is 10.1 Å². The largest absolute Gasteiger partial charge is 0.482 e. The van der Waals surface area contributed by atoms with Gasteiger partial charge in [-0.3, -0.25) is 0 Å². The van der Waals surface area contributed by atoms with Crippen LogP contribution in [0.3, 0.4) is 0 Å². The quantitative estimate of drug-likeness (QED) is 0.826. The fourth-order valence-electron chi connectivity index (χ4n) is 1.61. The van der Waals surface area contributed by atoms with Crippen LogP contribution in [0.5, 0.6) is 5.75 Å². The van der Waals surface area contributed by atoms with Crippen LogP contribution in [0.2, 0.25) is 0 Å². The van der Waals surface area contributed by atoms with Crippen LogP contribution in [-0.2, 0) is 0 Å². The molecule has 1 aromatic rings. The van der Waals surface area contributed by atoms with Crippen LogP contribution in [0.1, 0.15) is 27.2 Å². The van der Waals surface area contributed by atoms with Gasteiger partial charge in [0.1, 0.15) is 5.75 Å². The van der Waals surface area contributed by atoms with E-state index < -0.39 is 12.8 Å². The third-order valence-electron chi connectivity index (χ3n) is 3.16. The van der Waals surface area contributed by atoms with E-state index in [1.807, 2.05) is 6.92 Å². The van der Waals surface area contributed by atoms with E-state index in [4.69, 9.17) is 4.74 Å². The van der Waals surface area contributed by atoms with Crippen LogP contribution in [0, 0.1) is 5.92 Å². The molecule has 1 N–H and O–H groups in total. The number of hydrogen-bond donors (Lipinski definition) is 1. The minimum Gasteiger partial charge on any atom is -0.482 e. The summed E-state index contributed by atoms with van der Waals surface area (Å²) in [5, 5.41) is 3.21. The van der Waals surface area contributed by atoms with E-state index >= 15 is 0 Å². The Morgan fingerprint density at radius 3 is 2.42 bits per heavy atom. The van der Waals surface area contributed by atoms with E-state index in [0.717, 1.165) is 6.42 Å². The van der Waals surface area contributed by atoms with Crippen molar-refractivity contribution in [3.63, 3.8) is 0 Å². The van der Waals surface area contributed by atoms with Gasteiger partial charge in [0.25, 0.3) is 0 Å². The van der Waals surface area contributed by atoms with Crippen molar-refractivity contribution in [1.82, 2.24) is 0 Å². The van der Waals surface area contributed by atoms with Gasteiger partial charge in [-0.1, -0.05) is 32.4 Å². The normalized spacial score (nSPS) is 14.8. The van der Waals surface area contributed by atoms with Crippen molar-refractivity contribution in [2.24, 2.45) is 5.92 Å². The van der Waals surface area contributed by atoms with Crippen LogP contribution < -0.4 is 10.1 Å². The number of alkyl halides is 3. The number of halogens is 3. The third kappa shape index (κ3) is 5.41. The minimum absolute atomic E-state index is 0.167. The average Bonchev–Trinajstić information content (AvgIpc) is 2.35. The number of hydrogen-bond acceptors (Lipinski definition) is 2. The van der Waals surface area contributed by atoms with Gasteiger partial charge in [0.2, 0.25) is 0 Å². The summed E-state index contributed by atoms with van der Waals surface area (Å²) in [6.45, 7) is 4.91. The Balaban J connectivity index is 2.73. The summed E-state index contributed by atoms with van der Waals surface area (Å²) in [5.74, 6) is 0.658. The molecule has 5 heteroatoms. The summed E-state index contributed by atoms with van der Waals surface area (Å²) >= 11 is 0. The van der Waals surface area contributed by atoms with Crippen LogP contribution in [0.15, 0.2) is 24.3 Å². The van der Waals surface area contributed by atoms with E-state index in [-0.39, 0.29) is 11.8 Å². The van der Waals surface area contributed by atoms with Crippen molar-refractivity contribution >= 4 is 5.69 Å². The summed E-state index contributed by atoms with van der Waals surface area (Å²) in [5.41, 5.74) is 0.597. The van der Waals surface area contributed by atoms with E-state index in [0.29, 0.717) is 11.6 Å². The molecule has 108 valence electrons. The first-order valence-electron chi connectivity index (χ1n) is 6.38. The Labute approximate surface area is 112 Å². The SMILES string of the molecule is CCC(C)C(C)Nc1ccccc1OCC(F)(F)F. The Bertz CT molecular complexity index is 393. The Kier molecular flexibility index (Phi) is 5.51. The first-order valence-corrected chi connectivity index (χ1v) is 6.38. The molecule has 0 heterocycles. The highest BCUT2D eigenvalue weighted by Gasteiger charge is 2.28. The third-order valence-corrected chi connectivity index (χ3v) is 3.16. The molecule has 0 aliphatic rings. The lowest BCUT2D eigenvalue weighted by Crippen LogP contribution is -2.24. The van der Waals surface area contributed by atoms with Crippen LogP contribution in [-0.4, -0.2) is 18.8 Å². The highest BCUT2D eigenvalue weighted by molar-refractivity contribution is 5.56. The summed E-state index contributed by atoms with van der Waals surface area (Å²) in [4.78, 5) is 0. The van der Waals surface area contributed by atoms with Crippen LogP contribution >= 0.6 is 0 Å². The van der Waals surface area contributed by atoms with E-state index in [1.54, 1.807) is 18.2 Å². The lowest BCUT2D eigenvalue weighted by molar-refractivity contribution is -0.153. The van der Waals surface area contributed by atoms with Crippen molar-refractivity contribution in [1.29, 1.82) is 0 Å². The Morgan fingerprint density at radius 2 is 1.84 bits per heavy atom. The topological polar surface area (TPSA) is 21.3 Å². The van der Waals surface area contributed by atoms with Crippen LogP contribution in [0.4, 0.5) is 18.9 Å². The molecule has 0 bridgehead atoms. The minimum atomic E-state index is -4.32. The fraction of sp³-hybridized carbons (Fsp3) is 0.571. The van der Waals surface area contributed by atoms with E-state index in [9.17, 15) is 13.2 Å². The van der Waals surface area contributed by atoms with Crippen molar-refractivity contribution < 1.29 is 17.9 Å². The van der Waals surface area contributed by atoms with Crippen molar-refractivity contribution in [2.75, 3.05) is 11.9 Å². The maximum absolute atomic E-state index is 12.2. The summed E-state index contributed by atoms with van der Waals surface area (Å²) < 4.78 is 41.3. The van der Waals surface area contributed by atoms with Gasteiger partial charge in [0, 0.05) is 6.04 Å². The maximum atomic E-state index is 12.2. The monoisotopic (exact) mass is 275 g/mol. The maximum Gasteiger partial charge on any atom is 0.422 e. The molecule has 0 saturated carbocycles. The summed E-state index contributed by atoms with van der Waals surface area (Å²) in [7, 11) is 0. The summed E-state index contributed by atoms with van der Waals surface area (Å²) in [6.07, 6.45) is -3.32. The second-order valence-corrected chi connectivity index (χ2v) is 4.72. The second kappa shape index (κ2) is 6.68. The Morgan fingerprint density at radius 1 is 1.21 bits per heavy atom. The molecule has 2 nitrogen and oxygen atoms in total. The zero-order valence-corrected chi connectivity index (χ0v) is 11.4. The molecule has 0 aliphatic carbocycles. The lowest BCUT2D eigenvalue weighted by atomic mass is 10.0. The molecule has 0 amide bonds. The Hall–Kier alpha value is -1.39. The highest BCUT2D eigenvalue weighted by Crippen LogP contribution is 2.28. The molecule has 1 aromatic carbocycles. The predicted octanol–water partition coefficient (Wildman–Crippen LogP) is 4.47. The number of rotatable bonds is 6. The lowest BCUT2D eigenvalue weighted by Gasteiger charge is -2.23. The first-order chi connectivity index (χ1) is 8.83. The van der Waals surface area contributed by atoms with E-state index in [1.165, 1.54) is 6.07 Å². The van der Waals surface area contributed by atoms with Gasteiger partial charge in [-0.2, -0.15) is 13.2 Å². The number of para-hydroxylation sites is 2. The molecule has 19 heavy (non-hydrogen) atoms. The number of nitrogens with one attached hydrogen (secondary N) is 1. The van der Waals surface area contributed by atoms with Gasteiger partial charge in [0.15, 0.2) is 6.61 Å². The molecule has 2 unspecified atom stereocenters. The molecular formula is C14H20F3NO. The molecule has 0 aromatic heterocycles. The second-order valence-electron chi connectivity index (χ2n) is 4.72. The predicted molar refractivity (Wildman–Crippen MR) is 70.5 cm³/mol. The van der Waals surface area contributed by atoms with Gasteiger partial charge in [-0.15, -0.1) is 0 Å². The smallest absolute Gasteiger partial charge is 0.422 e. The fourth-order valence-corrected chi connectivity index (χ4v) is 1.61. The molecule has 0 saturated heterocycles. The highest BCUT2D eigenvalue weighted by atomic mass is 19.4. The average molecular weight is 275 g/mol. The number of ether oxygens (including phenoxy) is 1. The molecule has 0 fully saturated rings. The van der Waals surface area contributed by atoms with Gasteiger partial charge in [0.05, 0.1) is 5.69 Å². The van der Waals surface area contributed by atoms with Crippen molar-refractivity contribution in [3.05, 3.63) is 24.3 Å². The molecule has 0 spiro atoms. The molecule has 0 aliphatic heterocycles. The van der Waals surface area contributed by atoms with Gasteiger partial charge in [-0.25, -0.2) is 0 Å².